The maximum Gasteiger partial charge on any atom is 0.489 e. The van der Waals surface area contributed by atoms with E-state index in [-0.39, 0.29) is 5.82 Å². The maximum absolute atomic E-state index is 13.6. The van der Waals surface area contributed by atoms with Crippen LogP contribution in [0.15, 0.2) is 48.7 Å². The number of aromatic nitrogens is 4. The molecule has 162 valence electrons. The van der Waals surface area contributed by atoms with Crippen molar-refractivity contribution in [3.63, 3.8) is 0 Å². The number of benzene rings is 2. The van der Waals surface area contributed by atoms with Crippen LogP contribution in [-0.4, -0.2) is 50.5 Å². The summed E-state index contributed by atoms with van der Waals surface area (Å²) in [6.07, 6.45) is 3.37. The van der Waals surface area contributed by atoms with E-state index in [1.54, 1.807) is 29.1 Å². The van der Waals surface area contributed by atoms with Gasteiger partial charge in [-0.15, -0.1) is 0 Å². The Morgan fingerprint density at radius 1 is 1.16 bits per heavy atom. The molecule has 10 heteroatoms. The van der Waals surface area contributed by atoms with Crippen molar-refractivity contribution >= 4 is 35.0 Å². The lowest BCUT2D eigenvalue weighted by Crippen LogP contribution is -2.30. The van der Waals surface area contributed by atoms with E-state index in [0.717, 1.165) is 36.3 Å². The van der Waals surface area contributed by atoms with Gasteiger partial charge in [-0.25, -0.2) is 9.37 Å². The number of hydrogen-bond acceptors (Lipinski definition) is 7. The molecule has 0 bridgehead atoms. The van der Waals surface area contributed by atoms with E-state index in [9.17, 15) is 14.4 Å². The van der Waals surface area contributed by atoms with Crippen molar-refractivity contribution in [1.82, 2.24) is 19.7 Å². The molecule has 0 saturated heterocycles. The third-order valence-electron chi connectivity index (χ3n) is 5.70. The van der Waals surface area contributed by atoms with Crippen LogP contribution >= 0.6 is 0 Å². The topological polar surface area (TPSA) is 99.3 Å². The van der Waals surface area contributed by atoms with E-state index < -0.39 is 7.12 Å². The van der Waals surface area contributed by atoms with Crippen LogP contribution in [0, 0.1) is 5.82 Å². The van der Waals surface area contributed by atoms with E-state index in [1.165, 1.54) is 12.1 Å². The molecule has 0 atom stereocenters. The van der Waals surface area contributed by atoms with Crippen LogP contribution in [-0.2, 0) is 13.0 Å². The summed E-state index contributed by atoms with van der Waals surface area (Å²) in [4.78, 5) is 11.7. The zero-order chi connectivity index (χ0) is 22.2. The first-order valence-corrected chi connectivity index (χ1v) is 10.4. The normalized spacial score (nSPS) is 13.3. The zero-order valence-corrected chi connectivity index (χ0v) is 17.5. The molecule has 1 aliphatic rings. The molecule has 0 radical (unpaired) electrons. The SMILES string of the molecule is CN1CCCc2nc(-n3ncc4c(B(O)O)cccc43)nc(NCc3cccc(F)c3)c21. The minimum absolute atomic E-state index is 0.281. The number of nitrogens with one attached hydrogen (secondary N) is 1. The second kappa shape index (κ2) is 8.21. The van der Waals surface area contributed by atoms with Gasteiger partial charge in [-0.05, 0) is 42.1 Å². The number of fused-ring (bicyclic) bond motifs is 2. The van der Waals surface area contributed by atoms with Gasteiger partial charge in [0.15, 0.2) is 5.82 Å². The van der Waals surface area contributed by atoms with Gasteiger partial charge in [0.1, 0.15) is 11.5 Å². The Hall–Kier alpha value is -3.50. The molecule has 5 rings (SSSR count). The van der Waals surface area contributed by atoms with Gasteiger partial charge >= 0.3 is 7.12 Å². The van der Waals surface area contributed by atoms with Gasteiger partial charge in [-0.2, -0.15) is 14.8 Å². The molecule has 2 aromatic heterocycles. The van der Waals surface area contributed by atoms with Crippen LogP contribution in [0.1, 0.15) is 17.7 Å². The lowest BCUT2D eigenvalue weighted by Gasteiger charge is -2.29. The lowest BCUT2D eigenvalue weighted by molar-refractivity contribution is 0.426. The number of rotatable bonds is 5. The van der Waals surface area contributed by atoms with Crippen LogP contribution in [0.4, 0.5) is 15.9 Å². The van der Waals surface area contributed by atoms with Crippen molar-refractivity contribution < 1.29 is 14.4 Å². The second-order valence-corrected chi connectivity index (χ2v) is 7.89. The summed E-state index contributed by atoms with van der Waals surface area (Å²) in [5.74, 6) is 0.760. The van der Waals surface area contributed by atoms with Gasteiger partial charge in [0.2, 0.25) is 0 Å². The van der Waals surface area contributed by atoms with E-state index in [0.29, 0.717) is 34.7 Å². The number of anilines is 2. The molecule has 0 unspecified atom stereocenters. The Bertz CT molecular complexity index is 1290. The largest absolute Gasteiger partial charge is 0.489 e. The Kier molecular flexibility index (Phi) is 5.24. The van der Waals surface area contributed by atoms with E-state index in [1.807, 2.05) is 19.2 Å². The van der Waals surface area contributed by atoms with Crippen LogP contribution in [0.5, 0.6) is 0 Å². The highest BCUT2D eigenvalue weighted by molar-refractivity contribution is 6.61. The summed E-state index contributed by atoms with van der Waals surface area (Å²) < 4.78 is 15.2. The number of nitrogens with zero attached hydrogens (tertiary/aromatic N) is 5. The van der Waals surface area contributed by atoms with Gasteiger partial charge in [0.25, 0.3) is 5.95 Å². The Morgan fingerprint density at radius 2 is 2.00 bits per heavy atom. The molecule has 3 heterocycles. The molecule has 0 spiro atoms. The molecule has 0 aliphatic carbocycles. The molecule has 4 aromatic rings. The van der Waals surface area contributed by atoms with Crippen molar-refractivity contribution in [2.24, 2.45) is 0 Å². The Labute approximate surface area is 184 Å². The highest BCUT2D eigenvalue weighted by atomic mass is 19.1. The summed E-state index contributed by atoms with van der Waals surface area (Å²) in [5.41, 5.74) is 3.70. The third kappa shape index (κ3) is 3.67. The monoisotopic (exact) mass is 432 g/mol. The minimum atomic E-state index is -1.60. The molecule has 0 amide bonds. The quantitative estimate of drug-likeness (QED) is 0.413. The van der Waals surface area contributed by atoms with Crippen molar-refractivity contribution in [2.45, 2.75) is 19.4 Å². The van der Waals surface area contributed by atoms with Gasteiger partial charge in [-0.3, -0.25) is 0 Å². The first kappa shape index (κ1) is 20.4. The van der Waals surface area contributed by atoms with Gasteiger partial charge in [0, 0.05) is 25.5 Å². The molecule has 8 nitrogen and oxygen atoms in total. The van der Waals surface area contributed by atoms with E-state index >= 15 is 0 Å². The summed E-state index contributed by atoms with van der Waals surface area (Å²) in [7, 11) is 0.407. The minimum Gasteiger partial charge on any atom is -0.423 e. The Balaban J connectivity index is 1.59. The standard InChI is InChI=1S/C22H22BFN6O2/c1-29-10-4-8-18-20(29)21(25-12-14-5-2-6-15(24)11-14)28-22(27-18)30-19-9-3-7-17(23(31)32)16(19)13-26-30/h2-3,5-7,9,11,13,31-32H,4,8,10,12H2,1H3,(H,25,27,28). The number of hydrogen-bond donors (Lipinski definition) is 3. The highest BCUT2D eigenvalue weighted by Gasteiger charge is 2.24. The Morgan fingerprint density at radius 3 is 2.81 bits per heavy atom. The van der Waals surface area contributed by atoms with Crippen LogP contribution in [0.2, 0.25) is 0 Å². The molecule has 1 aliphatic heterocycles. The van der Waals surface area contributed by atoms with Crippen molar-refractivity contribution in [3.8, 4) is 5.95 Å². The molecule has 32 heavy (non-hydrogen) atoms. The van der Waals surface area contributed by atoms with Crippen LogP contribution in [0.25, 0.3) is 16.9 Å². The van der Waals surface area contributed by atoms with Gasteiger partial charge < -0.3 is 20.3 Å². The zero-order valence-electron chi connectivity index (χ0n) is 17.5. The first-order chi connectivity index (χ1) is 15.5. The fraction of sp³-hybridized carbons (Fsp3) is 0.227. The average Bonchev–Trinajstić information content (AvgIpc) is 3.21. The fourth-order valence-corrected chi connectivity index (χ4v) is 4.17. The van der Waals surface area contributed by atoms with E-state index in [2.05, 4.69) is 15.3 Å². The molecule has 0 fully saturated rings. The van der Waals surface area contributed by atoms with Crippen LogP contribution in [0.3, 0.4) is 0 Å². The number of aryl methyl sites for hydroxylation is 1. The predicted molar refractivity (Wildman–Crippen MR) is 122 cm³/mol. The van der Waals surface area contributed by atoms with Crippen LogP contribution < -0.4 is 15.7 Å². The molecule has 2 aromatic carbocycles. The summed E-state index contributed by atoms with van der Waals surface area (Å²) in [6, 6.07) is 11.7. The molecule has 3 N–H and O–H groups in total. The van der Waals surface area contributed by atoms with E-state index in [4.69, 9.17) is 9.97 Å². The summed E-state index contributed by atoms with van der Waals surface area (Å²) in [6.45, 7) is 1.31. The third-order valence-corrected chi connectivity index (χ3v) is 5.70. The lowest BCUT2D eigenvalue weighted by atomic mass is 9.78. The summed E-state index contributed by atoms with van der Waals surface area (Å²) >= 11 is 0. The van der Waals surface area contributed by atoms with Crippen molar-refractivity contribution in [3.05, 3.63) is 65.7 Å². The molecular formula is C22H22BFN6O2. The first-order valence-electron chi connectivity index (χ1n) is 10.4. The van der Waals surface area contributed by atoms with Gasteiger partial charge in [0.05, 0.1) is 17.4 Å². The van der Waals surface area contributed by atoms with Crippen molar-refractivity contribution in [2.75, 3.05) is 23.8 Å². The fourth-order valence-electron chi connectivity index (χ4n) is 4.17. The average molecular weight is 432 g/mol. The van der Waals surface area contributed by atoms with Gasteiger partial charge in [-0.1, -0.05) is 24.3 Å². The summed E-state index contributed by atoms with van der Waals surface area (Å²) in [5, 5.41) is 27.7. The second-order valence-electron chi connectivity index (χ2n) is 7.89. The molecular weight excluding hydrogens is 410 g/mol. The van der Waals surface area contributed by atoms with Crippen molar-refractivity contribution in [1.29, 1.82) is 0 Å². The predicted octanol–water partition coefficient (Wildman–Crippen LogP) is 1.63. The smallest absolute Gasteiger partial charge is 0.423 e. The maximum atomic E-state index is 13.6. The molecule has 0 saturated carbocycles. The highest BCUT2D eigenvalue weighted by Crippen LogP contribution is 2.32. The number of halogens is 1.